The molecule has 1 saturated heterocycles. The summed E-state index contributed by atoms with van der Waals surface area (Å²) in [5.41, 5.74) is 0.439. The summed E-state index contributed by atoms with van der Waals surface area (Å²) < 4.78 is 11.5. The van der Waals surface area contributed by atoms with Crippen molar-refractivity contribution in [1.29, 1.82) is 0 Å². The van der Waals surface area contributed by atoms with Gasteiger partial charge in [-0.3, -0.25) is 9.78 Å². The van der Waals surface area contributed by atoms with Crippen molar-refractivity contribution in [2.75, 3.05) is 26.2 Å². The Balaban J connectivity index is 1.46. The number of thioether (sulfide) groups is 1. The molecule has 1 fully saturated rings. The number of carbonyl (C=O) groups is 2. The summed E-state index contributed by atoms with van der Waals surface area (Å²) >= 11 is 7.93. The predicted molar refractivity (Wildman–Crippen MR) is 138 cm³/mol. The Morgan fingerprint density at radius 3 is 2.69 bits per heavy atom. The summed E-state index contributed by atoms with van der Waals surface area (Å²) in [7, 11) is 0. The van der Waals surface area contributed by atoms with Gasteiger partial charge in [0, 0.05) is 36.1 Å². The van der Waals surface area contributed by atoms with E-state index in [-0.39, 0.29) is 29.9 Å². The molecule has 1 aromatic heterocycles. The van der Waals surface area contributed by atoms with Crippen molar-refractivity contribution in [3.05, 3.63) is 70.4 Å². The number of carbonyl (C=O) groups excluding carboxylic acids is 2. The smallest absolute Gasteiger partial charge is 0.410 e. The van der Waals surface area contributed by atoms with Crippen LogP contribution in [-0.2, 0) is 9.53 Å². The Kier molecular flexibility index (Phi) is 7.91. The van der Waals surface area contributed by atoms with Crippen LogP contribution in [0.3, 0.4) is 0 Å². The van der Waals surface area contributed by atoms with Gasteiger partial charge in [0.15, 0.2) is 0 Å². The molecule has 0 bridgehead atoms. The Bertz CT molecular complexity index is 1090. The second-order valence-corrected chi connectivity index (χ2v) is 11.2. The Morgan fingerprint density at radius 2 is 1.97 bits per heavy atom. The summed E-state index contributed by atoms with van der Waals surface area (Å²) in [4.78, 5) is 34.5. The summed E-state index contributed by atoms with van der Waals surface area (Å²) in [5, 5.41) is 0.816. The number of pyridine rings is 1. The summed E-state index contributed by atoms with van der Waals surface area (Å²) in [6.45, 7) is 6.88. The first-order valence-electron chi connectivity index (χ1n) is 11.6. The maximum atomic E-state index is 13.6. The molecule has 1 aromatic carbocycles. The fourth-order valence-corrected chi connectivity index (χ4v) is 5.63. The van der Waals surface area contributed by atoms with Gasteiger partial charge in [0.05, 0.1) is 17.1 Å². The first-order valence-corrected chi connectivity index (χ1v) is 12.9. The van der Waals surface area contributed by atoms with Crippen molar-refractivity contribution in [1.82, 2.24) is 14.8 Å². The van der Waals surface area contributed by atoms with Crippen LogP contribution in [0.25, 0.3) is 0 Å². The van der Waals surface area contributed by atoms with Crippen LogP contribution >= 0.6 is 23.4 Å². The van der Waals surface area contributed by atoms with E-state index >= 15 is 0 Å². The minimum absolute atomic E-state index is 0.0480. The summed E-state index contributed by atoms with van der Waals surface area (Å²) in [5.74, 6) is 0.565. The lowest BCUT2D eigenvalue weighted by Gasteiger charge is -2.41. The number of nitrogens with zero attached hydrogens (tertiary/aromatic N) is 3. The lowest BCUT2D eigenvalue weighted by molar-refractivity contribution is -0.132. The van der Waals surface area contributed by atoms with E-state index in [1.165, 1.54) is 0 Å². The molecule has 0 radical (unpaired) electrons. The van der Waals surface area contributed by atoms with Gasteiger partial charge in [-0.15, -0.1) is 11.8 Å². The van der Waals surface area contributed by atoms with Crippen LogP contribution in [0, 0.1) is 0 Å². The number of allylic oxidation sites excluding steroid dienone is 1. The monoisotopic (exact) mass is 515 g/mol. The average Bonchev–Trinajstić information content (AvgIpc) is 3.32. The van der Waals surface area contributed by atoms with Gasteiger partial charge in [0.1, 0.15) is 18.0 Å². The Morgan fingerprint density at radius 1 is 1.17 bits per heavy atom. The molecule has 2 aliphatic heterocycles. The number of aromatic nitrogens is 1. The maximum absolute atomic E-state index is 13.6. The third kappa shape index (κ3) is 6.49. The van der Waals surface area contributed by atoms with Crippen molar-refractivity contribution < 1.29 is 19.1 Å². The molecule has 0 saturated carbocycles. The van der Waals surface area contributed by atoms with Crippen LogP contribution in [0.5, 0.6) is 5.75 Å². The number of amides is 2. The van der Waals surface area contributed by atoms with Crippen LogP contribution in [-0.4, -0.2) is 64.7 Å². The molecular weight excluding hydrogens is 486 g/mol. The van der Waals surface area contributed by atoms with E-state index in [1.807, 2.05) is 62.1 Å². The third-order valence-corrected chi connectivity index (χ3v) is 7.39. The van der Waals surface area contributed by atoms with E-state index in [4.69, 9.17) is 21.1 Å². The van der Waals surface area contributed by atoms with Crippen molar-refractivity contribution in [3.8, 4) is 5.75 Å². The van der Waals surface area contributed by atoms with Gasteiger partial charge >= 0.3 is 6.09 Å². The molecule has 7 nitrogen and oxygen atoms in total. The zero-order chi connectivity index (χ0) is 25.0. The Labute approximate surface area is 215 Å². The van der Waals surface area contributed by atoms with Crippen LogP contribution in [0.4, 0.5) is 4.79 Å². The number of ether oxygens (including phenoxy) is 2. The van der Waals surface area contributed by atoms with E-state index in [1.54, 1.807) is 35.1 Å². The molecule has 0 N–H and O–H groups in total. The van der Waals surface area contributed by atoms with E-state index in [0.717, 1.165) is 12.0 Å². The number of halogens is 1. The highest BCUT2D eigenvalue weighted by Crippen LogP contribution is 2.46. The van der Waals surface area contributed by atoms with Crippen LogP contribution in [0.15, 0.2) is 59.8 Å². The zero-order valence-corrected chi connectivity index (χ0v) is 21.7. The van der Waals surface area contributed by atoms with Crippen molar-refractivity contribution in [3.63, 3.8) is 0 Å². The van der Waals surface area contributed by atoms with Crippen molar-refractivity contribution >= 4 is 35.4 Å². The molecule has 35 heavy (non-hydrogen) atoms. The summed E-state index contributed by atoms with van der Waals surface area (Å²) in [6.07, 6.45) is 5.64. The van der Waals surface area contributed by atoms with Gasteiger partial charge in [-0.1, -0.05) is 35.9 Å². The molecule has 2 aliphatic rings. The highest BCUT2D eigenvalue weighted by atomic mass is 35.5. The number of rotatable bonds is 5. The molecule has 0 aliphatic carbocycles. The first kappa shape index (κ1) is 25.4. The lowest BCUT2D eigenvalue weighted by atomic mass is 10.1. The molecule has 3 heterocycles. The molecule has 9 heteroatoms. The van der Waals surface area contributed by atoms with Gasteiger partial charge in [0.25, 0.3) is 5.91 Å². The molecule has 4 rings (SSSR count). The number of hydrogen-bond donors (Lipinski definition) is 0. The average molecular weight is 516 g/mol. The van der Waals surface area contributed by atoms with Crippen molar-refractivity contribution in [2.24, 2.45) is 0 Å². The SMILES string of the molecule is CC(C)(C)OC(=O)N1CCN(C(=O)C2=CCC(c3ccccc3Cl)S2)C(COc2cccnc2)C1. The third-order valence-electron chi connectivity index (χ3n) is 5.72. The van der Waals surface area contributed by atoms with Gasteiger partial charge < -0.3 is 19.3 Å². The highest BCUT2D eigenvalue weighted by molar-refractivity contribution is 8.04. The van der Waals surface area contributed by atoms with Crippen LogP contribution in [0.2, 0.25) is 5.02 Å². The van der Waals surface area contributed by atoms with Crippen LogP contribution in [0.1, 0.15) is 38.0 Å². The maximum Gasteiger partial charge on any atom is 0.410 e. The quantitative estimate of drug-likeness (QED) is 0.536. The van der Waals surface area contributed by atoms with Gasteiger partial charge in [-0.25, -0.2) is 4.79 Å². The molecule has 2 atom stereocenters. The standard InChI is InChI=1S/C26H30ClN3O4S/c1-26(2,3)34-25(32)29-13-14-30(18(16-29)17-33-19-7-6-12-28-15-19)24(31)23-11-10-22(35-23)20-8-4-5-9-21(20)27/h4-9,11-12,15,18,22H,10,13-14,16-17H2,1-3H3. The van der Waals surface area contributed by atoms with E-state index in [2.05, 4.69) is 4.98 Å². The first-order chi connectivity index (χ1) is 16.7. The minimum atomic E-state index is -0.592. The second kappa shape index (κ2) is 10.9. The van der Waals surface area contributed by atoms with E-state index in [0.29, 0.717) is 35.3 Å². The molecule has 0 spiro atoms. The lowest BCUT2D eigenvalue weighted by Crippen LogP contribution is -2.59. The predicted octanol–water partition coefficient (Wildman–Crippen LogP) is 5.32. The number of benzene rings is 1. The zero-order valence-electron chi connectivity index (χ0n) is 20.1. The van der Waals surface area contributed by atoms with E-state index < -0.39 is 5.60 Å². The van der Waals surface area contributed by atoms with Crippen LogP contribution < -0.4 is 4.74 Å². The van der Waals surface area contributed by atoms with E-state index in [9.17, 15) is 9.59 Å². The van der Waals surface area contributed by atoms with Crippen molar-refractivity contribution in [2.45, 2.75) is 44.1 Å². The fraction of sp³-hybridized carbons (Fsp3) is 0.423. The molecule has 2 amide bonds. The van der Waals surface area contributed by atoms with Gasteiger partial charge in [-0.05, 0) is 51.0 Å². The fourth-order valence-electron chi connectivity index (χ4n) is 4.05. The molecular formula is C26H30ClN3O4S. The molecule has 2 unspecified atom stereocenters. The molecule has 186 valence electrons. The molecule has 2 aromatic rings. The van der Waals surface area contributed by atoms with Gasteiger partial charge in [0.2, 0.25) is 0 Å². The normalized spacial score (nSPS) is 20.4. The second-order valence-electron chi connectivity index (χ2n) is 9.51. The topological polar surface area (TPSA) is 72.0 Å². The largest absolute Gasteiger partial charge is 0.490 e. The van der Waals surface area contributed by atoms with Gasteiger partial charge in [-0.2, -0.15) is 0 Å². The summed E-state index contributed by atoms with van der Waals surface area (Å²) in [6, 6.07) is 11.0. The minimum Gasteiger partial charge on any atom is -0.490 e. The number of piperazine rings is 1. The Hall–Kier alpha value is -2.71. The number of hydrogen-bond acceptors (Lipinski definition) is 6. The highest BCUT2D eigenvalue weighted by Gasteiger charge is 2.37.